The molecule has 0 aromatic heterocycles. The Morgan fingerprint density at radius 1 is 1.04 bits per heavy atom. The number of nitrogens with one attached hydrogen (secondary N) is 2. The van der Waals surface area contributed by atoms with E-state index < -0.39 is 0 Å². The number of ether oxygens (including phenoxy) is 1. The number of aryl methyl sites for hydroxylation is 1. The molecule has 0 saturated carbocycles. The molecule has 2 aromatic rings. The maximum Gasteiger partial charge on any atom is 0.269 e. The molecule has 144 valence electrons. The number of guanidine groups is 1. The highest BCUT2D eigenvalue weighted by Crippen LogP contribution is 2.13. The Bertz CT molecular complexity index is 743. The first kappa shape index (κ1) is 20.2. The van der Waals surface area contributed by atoms with Gasteiger partial charge in [0.2, 0.25) is 0 Å². The van der Waals surface area contributed by atoms with Crippen LogP contribution >= 0.6 is 0 Å². The van der Waals surface area contributed by atoms with Crippen LogP contribution in [-0.4, -0.2) is 31.6 Å². The molecule has 0 aliphatic heterocycles. The number of non-ortho nitro benzene ring substituents is 1. The fraction of sp³-hybridized carbons (Fsp3) is 0.350. The summed E-state index contributed by atoms with van der Waals surface area (Å²) in [6.45, 7) is 1.50. The fourth-order valence-corrected chi connectivity index (χ4v) is 2.60. The van der Waals surface area contributed by atoms with Gasteiger partial charge in [-0.2, -0.15) is 0 Å². The third-order valence-corrected chi connectivity index (χ3v) is 4.17. The zero-order valence-corrected chi connectivity index (χ0v) is 15.8. The van der Waals surface area contributed by atoms with Gasteiger partial charge in [0.25, 0.3) is 5.69 Å². The highest BCUT2D eigenvalue weighted by molar-refractivity contribution is 5.79. The number of benzene rings is 2. The Kier molecular flexibility index (Phi) is 8.09. The summed E-state index contributed by atoms with van der Waals surface area (Å²) in [5.74, 6) is 1.61. The highest BCUT2D eigenvalue weighted by Gasteiger charge is 2.04. The Labute approximate surface area is 159 Å². The zero-order valence-electron chi connectivity index (χ0n) is 15.8. The minimum Gasteiger partial charge on any atom is -0.497 e. The third kappa shape index (κ3) is 6.97. The van der Waals surface area contributed by atoms with Gasteiger partial charge in [-0.25, -0.2) is 0 Å². The van der Waals surface area contributed by atoms with Crippen LogP contribution in [0, 0.1) is 10.1 Å². The van der Waals surface area contributed by atoms with Gasteiger partial charge in [-0.15, -0.1) is 0 Å². The molecule has 7 nitrogen and oxygen atoms in total. The lowest BCUT2D eigenvalue weighted by molar-refractivity contribution is -0.384. The number of aliphatic imine (C=N–C) groups is 1. The summed E-state index contributed by atoms with van der Waals surface area (Å²) >= 11 is 0. The van der Waals surface area contributed by atoms with E-state index in [0.717, 1.165) is 48.6 Å². The van der Waals surface area contributed by atoms with Crippen molar-refractivity contribution in [2.75, 3.05) is 20.7 Å². The van der Waals surface area contributed by atoms with E-state index in [1.54, 1.807) is 26.3 Å². The smallest absolute Gasteiger partial charge is 0.269 e. The summed E-state index contributed by atoms with van der Waals surface area (Å²) in [5, 5.41) is 17.2. The van der Waals surface area contributed by atoms with E-state index in [9.17, 15) is 10.1 Å². The van der Waals surface area contributed by atoms with Crippen LogP contribution in [0.1, 0.15) is 24.0 Å². The largest absolute Gasteiger partial charge is 0.497 e. The van der Waals surface area contributed by atoms with Gasteiger partial charge < -0.3 is 15.4 Å². The molecule has 0 aliphatic rings. The van der Waals surface area contributed by atoms with E-state index in [0.29, 0.717) is 6.54 Å². The van der Waals surface area contributed by atoms with Crippen molar-refractivity contribution in [1.82, 2.24) is 10.6 Å². The average Bonchev–Trinajstić information content (AvgIpc) is 2.70. The molecule has 2 rings (SSSR count). The standard InChI is InChI=1S/C20H26N4O3/c1-21-20(23-15-17-8-12-19(27-2)13-9-17)22-14-4-3-5-16-6-10-18(11-7-16)24(25)26/h6-13H,3-5,14-15H2,1-2H3,(H2,21,22,23). The van der Waals surface area contributed by atoms with Crippen LogP contribution in [0.4, 0.5) is 5.69 Å². The molecule has 2 N–H and O–H groups in total. The predicted octanol–water partition coefficient (Wildman–Crippen LogP) is 3.29. The molecule has 0 bridgehead atoms. The summed E-state index contributed by atoms with van der Waals surface area (Å²) < 4.78 is 5.15. The molecule has 0 spiro atoms. The number of hydrogen-bond acceptors (Lipinski definition) is 4. The summed E-state index contributed by atoms with van der Waals surface area (Å²) in [4.78, 5) is 14.5. The van der Waals surface area contributed by atoms with E-state index in [2.05, 4.69) is 15.6 Å². The molecule has 0 amide bonds. The zero-order chi connectivity index (χ0) is 19.5. The maximum absolute atomic E-state index is 10.7. The van der Waals surface area contributed by atoms with E-state index >= 15 is 0 Å². The molecule has 0 saturated heterocycles. The molecule has 0 atom stereocenters. The molecule has 2 aromatic carbocycles. The second kappa shape index (κ2) is 10.8. The quantitative estimate of drug-likeness (QED) is 0.232. The lowest BCUT2D eigenvalue weighted by Crippen LogP contribution is -2.37. The number of nitrogens with zero attached hydrogens (tertiary/aromatic N) is 2. The van der Waals surface area contributed by atoms with Crippen LogP contribution in [0.25, 0.3) is 0 Å². The molecule has 27 heavy (non-hydrogen) atoms. The van der Waals surface area contributed by atoms with Gasteiger partial charge in [-0.1, -0.05) is 24.3 Å². The molecule has 7 heteroatoms. The second-order valence-electron chi connectivity index (χ2n) is 6.08. The first-order chi connectivity index (χ1) is 13.1. The summed E-state index contributed by atoms with van der Waals surface area (Å²) in [7, 11) is 3.40. The van der Waals surface area contributed by atoms with E-state index in [4.69, 9.17) is 4.74 Å². The number of methoxy groups -OCH3 is 1. The van der Waals surface area contributed by atoms with Crippen molar-refractivity contribution in [1.29, 1.82) is 0 Å². The van der Waals surface area contributed by atoms with Crippen molar-refractivity contribution in [3.63, 3.8) is 0 Å². The molecule has 0 fully saturated rings. The van der Waals surface area contributed by atoms with Gasteiger partial charge in [0, 0.05) is 32.3 Å². The van der Waals surface area contributed by atoms with Crippen molar-refractivity contribution in [2.24, 2.45) is 4.99 Å². The number of hydrogen-bond donors (Lipinski definition) is 2. The number of nitro groups is 1. The van der Waals surface area contributed by atoms with Crippen LogP contribution in [0.2, 0.25) is 0 Å². The molecule has 0 heterocycles. The van der Waals surface area contributed by atoms with Crippen LogP contribution < -0.4 is 15.4 Å². The number of rotatable bonds is 9. The molecular formula is C20H26N4O3. The molecular weight excluding hydrogens is 344 g/mol. The van der Waals surface area contributed by atoms with Gasteiger partial charge in [-0.05, 0) is 42.5 Å². The lowest BCUT2D eigenvalue weighted by Gasteiger charge is -2.12. The van der Waals surface area contributed by atoms with E-state index in [1.807, 2.05) is 36.4 Å². The maximum atomic E-state index is 10.7. The summed E-state index contributed by atoms with van der Waals surface area (Å²) in [6.07, 6.45) is 2.89. The first-order valence-corrected chi connectivity index (χ1v) is 8.93. The van der Waals surface area contributed by atoms with Crippen LogP contribution in [0.3, 0.4) is 0 Å². The van der Waals surface area contributed by atoms with Gasteiger partial charge in [0.15, 0.2) is 5.96 Å². The Hall–Kier alpha value is -3.09. The number of nitro benzene ring substituents is 1. The summed E-state index contributed by atoms with van der Waals surface area (Å²) in [5.41, 5.74) is 2.40. The minimum absolute atomic E-state index is 0.132. The molecule has 0 unspecified atom stereocenters. The fourth-order valence-electron chi connectivity index (χ4n) is 2.60. The topological polar surface area (TPSA) is 88.8 Å². The van der Waals surface area contributed by atoms with Crippen molar-refractivity contribution >= 4 is 11.6 Å². The average molecular weight is 370 g/mol. The van der Waals surface area contributed by atoms with Crippen LogP contribution in [-0.2, 0) is 13.0 Å². The number of unbranched alkanes of at least 4 members (excludes halogenated alkanes) is 1. The van der Waals surface area contributed by atoms with Crippen LogP contribution in [0.15, 0.2) is 53.5 Å². The van der Waals surface area contributed by atoms with Gasteiger partial charge >= 0.3 is 0 Å². The van der Waals surface area contributed by atoms with Gasteiger partial charge in [0.05, 0.1) is 12.0 Å². The highest BCUT2D eigenvalue weighted by atomic mass is 16.6. The Morgan fingerprint density at radius 2 is 1.70 bits per heavy atom. The van der Waals surface area contributed by atoms with Gasteiger partial charge in [0.1, 0.15) is 5.75 Å². The minimum atomic E-state index is -0.377. The van der Waals surface area contributed by atoms with Crippen LogP contribution in [0.5, 0.6) is 5.75 Å². The Balaban J connectivity index is 1.64. The normalized spacial score (nSPS) is 11.1. The monoisotopic (exact) mass is 370 g/mol. The Morgan fingerprint density at radius 3 is 2.30 bits per heavy atom. The van der Waals surface area contributed by atoms with Crippen molar-refractivity contribution in [2.45, 2.75) is 25.8 Å². The summed E-state index contributed by atoms with van der Waals surface area (Å²) in [6, 6.07) is 14.7. The third-order valence-electron chi connectivity index (χ3n) is 4.17. The van der Waals surface area contributed by atoms with Crippen molar-refractivity contribution < 1.29 is 9.66 Å². The van der Waals surface area contributed by atoms with Gasteiger partial charge in [-0.3, -0.25) is 15.1 Å². The molecule has 0 radical (unpaired) electrons. The first-order valence-electron chi connectivity index (χ1n) is 8.93. The molecule has 0 aliphatic carbocycles. The van der Waals surface area contributed by atoms with Crippen molar-refractivity contribution in [3.05, 3.63) is 69.8 Å². The van der Waals surface area contributed by atoms with E-state index in [1.165, 1.54) is 0 Å². The SMILES string of the molecule is CN=C(NCCCCc1ccc([N+](=O)[O-])cc1)NCc1ccc(OC)cc1. The predicted molar refractivity (Wildman–Crippen MR) is 107 cm³/mol. The lowest BCUT2D eigenvalue weighted by atomic mass is 10.1. The second-order valence-corrected chi connectivity index (χ2v) is 6.08. The van der Waals surface area contributed by atoms with Crippen molar-refractivity contribution in [3.8, 4) is 5.75 Å². The van der Waals surface area contributed by atoms with E-state index in [-0.39, 0.29) is 10.6 Å².